The minimum atomic E-state index is -0.640. The van der Waals surface area contributed by atoms with Crippen LogP contribution < -0.4 is 20.7 Å². The second-order valence-electron chi connectivity index (χ2n) is 8.22. The highest BCUT2D eigenvalue weighted by Gasteiger charge is 2.15. The second-order valence-corrected chi connectivity index (χ2v) is 9.27. The number of amides is 2. The summed E-state index contributed by atoms with van der Waals surface area (Å²) < 4.78 is 37.4. The van der Waals surface area contributed by atoms with Gasteiger partial charge in [0.1, 0.15) is 23.0 Å². The van der Waals surface area contributed by atoms with Crippen molar-refractivity contribution in [3.8, 4) is 22.1 Å². The summed E-state index contributed by atoms with van der Waals surface area (Å²) in [4.78, 5) is 17.4. The Morgan fingerprint density at radius 2 is 2.00 bits per heavy atom. The molecule has 196 valence electrons. The predicted molar refractivity (Wildman–Crippen MR) is 141 cm³/mol. The highest BCUT2D eigenvalue weighted by atomic mass is 32.1. The first kappa shape index (κ1) is 25.4. The highest BCUT2D eigenvalue weighted by molar-refractivity contribution is 7.22. The molecular weight excluding hydrogens is 513 g/mol. The number of nitrogens with zero attached hydrogens (tertiary/aromatic N) is 2. The minimum Gasteiger partial charge on any atom is -0.459 e. The van der Waals surface area contributed by atoms with Crippen LogP contribution in [0.5, 0.6) is 11.5 Å². The van der Waals surface area contributed by atoms with Crippen LogP contribution in [0.3, 0.4) is 0 Å². The molecular formula is C26H24FN5O5S. The van der Waals surface area contributed by atoms with Gasteiger partial charge in [-0.25, -0.2) is 9.18 Å². The number of hydrogen-bond donors (Lipinski definition) is 3. The van der Waals surface area contributed by atoms with Crippen LogP contribution in [0.15, 0.2) is 63.7 Å². The monoisotopic (exact) mass is 537 g/mol. The molecule has 0 aliphatic heterocycles. The normalized spacial score (nSPS) is 11.1. The maximum Gasteiger partial charge on any atom is 0.324 e. The fraction of sp³-hybridized carbons (Fsp3) is 0.192. The average Bonchev–Trinajstić information content (AvgIpc) is 3.63. The molecule has 4 aromatic heterocycles. The number of rotatable bonds is 10. The molecule has 3 N–H and O–H groups in total. The Hall–Kier alpha value is -4.26. The number of carbonyl (C=O) groups excluding carboxylic acids is 1. The first-order chi connectivity index (χ1) is 18.5. The lowest BCUT2D eigenvalue weighted by molar-refractivity contribution is 0.198. The molecule has 0 aliphatic rings. The van der Waals surface area contributed by atoms with Crippen molar-refractivity contribution in [2.45, 2.75) is 13.5 Å². The van der Waals surface area contributed by atoms with E-state index in [2.05, 4.69) is 26.1 Å². The van der Waals surface area contributed by atoms with Crippen molar-refractivity contribution in [3.05, 3.63) is 72.1 Å². The van der Waals surface area contributed by atoms with Gasteiger partial charge in [0.2, 0.25) is 0 Å². The van der Waals surface area contributed by atoms with E-state index in [4.69, 9.17) is 18.4 Å². The van der Waals surface area contributed by atoms with Gasteiger partial charge in [-0.2, -0.15) is 0 Å². The molecule has 5 aromatic rings. The lowest BCUT2D eigenvalue weighted by atomic mass is 10.3. The topological polar surface area (TPSA) is 124 Å². The summed E-state index contributed by atoms with van der Waals surface area (Å²) in [6.07, 6.45) is 1.60. The molecule has 12 heteroatoms. The Morgan fingerprint density at radius 3 is 2.79 bits per heavy atom. The lowest BCUT2D eigenvalue weighted by Gasteiger charge is -2.10. The number of benzene rings is 1. The van der Waals surface area contributed by atoms with Gasteiger partial charge < -0.3 is 29.0 Å². The van der Waals surface area contributed by atoms with E-state index in [-0.39, 0.29) is 17.3 Å². The van der Waals surface area contributed by atoms with Gasteiger partial charge in [0.05, 0.1) is 28.2 Å². The zero-order chi connectivity index (χ0) is 26.5. The number of pyridine rings is 1. The summed E-state index contributed by atoms with van der Waals surface area (Å²) in [6.45, 7) is 3.64. The molecule has 0 bridgehead atoms. The van der Waals surface area contributed by atoms with Crippen molar-refractivity contribution < 1.29 is 27.6 Å². The molecule has 0 atom stereocenters. The predicted octanol–water partition coefficient (Wildman–Crippen LogP) is 6.16. The van der Waals surface area contributed by atoms with Gasteiger partial charge in [0.15, 0.2) is 17.4 Å². The van der Waals surface area contributed by atoms with Crippen molar-refractivity contribution in [1.29, 1.82) is 0 Å². The third kappa shape index (κ3) is 5.99. The molecule has 0 aliphatic carbocycles. The third-order valence-electron chi connectivity index (χ3n) is 5.34. The maximum absolute atomic E-state index is 14.9. The number of furan rings is 1. The van der Waals surface area contributed by atoms with Crippen LogP contribution in [0.4, 0.5) is 20.7 Å². The fourth-order valence-electron chi connectivity index (χ4n) is 3.59. The Morgan fingerprint density at radius 1 is 1.11 bits per heavy atom. The summed E-state index contributed by atoms with van der Waals surface area (Å²) in [5.41, 5.74) is 0.952. The van der Waals surface area contributed by atoms with Gasteiger partial charge in [0, 0.05) is 43.7 Å². The lowest BCUT2D eigenvalue weighted by Crippen LogP contribution is -2.19. The van der Waals surface area contributed by atoms with Gasteiger partial charge in [-0.05, 0) is 37.3 Å². The number of urea groups is 1. The Labute approximate surface area is 220 Å². The van der Waals surface area contributed by atoms with Crippen molar-refractivity contribution in [2.24, 2.45) is 0 Å². The number of fused-ring (bicyclic) bond motifs is 1. The van der Waals surface area contributed by atoms with Gasteiger partial charge in [-0.15, -0.1) is 11.3 Å². The molecule has 5 rings (SSSR count). The molecule has 0 unspecified atom stereocenters. The van der Waals surface area contributed by atoms with Crippen LogP contribution in [0.25, 0.3) is 20.9 Å². The largest absolute Gasteiger partial charge is 0.459 e. The van der Waals surface area contributed by atoms with E-state index in [1.165, 1.54) is 29.5 Å². The van der Waals surface area contributed by atoms with Crippen LogP contribution in [-0.2, 0) is 11.3 Å². The molecule has 0 saturated heterocycles. The number of aryl methyl sites for hydroxylation is 1. The van der Waals surface area contributed by atoms with Crippen molar-refractivity contribution in [1.82, 2.24) is 15.5 Å². The van der Waals surface area contributed by atoms with Gasteiger partial charge >= 0.3 is 6.03 Å². The number of thiophene rings is 1. The summed E-state index contributed by atoms with van der Waals surface area (Å²) in [5, 5.41) is 12.0. The molecule has 0 saturated carbocycles. The van der Waals surface area contributed by atoms with Crippen molar-refractivity contribution >= 4 is 39.1 Å². The molecule has 4 heterocycles. The molecule has 0 spiro atoms. The van der Waals surface area contributed by atoms with Gasteiger partial charge in [-0.3, -0.25) is 10.3 Å². The van der Waals surface area contributed by atoms with Crippen molar-refractivity contribution in [2.75, 3.05) is 30.9 Å². The van der Waals surface area contributed by atoms with Gasteiger partial charge in [0.25, 0.3) is 0 Å². The third-order valence-corrected chi connectivity index (χ3v) is 6.50. The van der Waals surface area contributed by atoms with Crippen molar-refractivity contribution in [3.63, 3.8) is 0 Å². The number of carbonyl (C=O) groups is 1. The molecule has 0 fully saturated rings. The molecule has 10 nitrogen and oxygen atoms in total. The summed E-state index contributed by atoms with van der Waals surface area (Å²) in [6, 6.07) is 12.5. The highest BCUT2D eigenvalue weighted by Crippen LogP contribution is 2.40. The standard InChI is InChI=1S/C26H24FN5O5S/c1-15-11-24(32-37-15)31-26(33)30-16-3-5-20(18(27)12-16)36-22-7-8-29-19-13-23(38-25(19)22)21-6-4-17(35-21)14-28-9-10-34-2/h3-8,11-13,28H,9-10,14H2,1-2H3,(H2,30,31,32,33). The van der Waals surface area contributed by atoms with Crippen LogP contribution in [-0.4, -0.2) is 36.4 Å². The van der Waals surface area contributed by atoms with E-state index >= 15 is 0 Å². The Kier molecular flexibility index (Phi) is 7.63. The summed E-state index contributed by atoms with van der Waals surface area (Å²) >= 11 is 1.44. The van der Waals surface area contributed by atoms with Crippen LogP contribution in [0, 0.1) is 12.7 Å². The van der Waals surface area contributed by atoms with E-state index < -0.39 is 11.8 Å². The fourth-order valence-corrected chi connectivity index (χ4v) is 4.62. The number of nitrogens with one attached hydrogen (secondary N) is 3. The zero-order valence-corrected chi connectivity index (χ0v) is 21.4. The number of methoxy groups -OCH3 is 1. The van der Waals surface area contributed by atoms with E-state index in [1.54, 1.807) is 32.4 Å². The molecule has 38 heavy (non-hydrogen) atoms. The SMILES string of the molecule is COCCNCc1ccc(-c2cc3nccc(Oc4ccc(NC(=O)Nc5cc(C)on5)cc4F)c3s2)o1. The summed E-state index contributed by atoms with van der Waals surface area (Å²) in [7, 11) is 1.66. The minimum absolute atomic E-state index is 0.00736. The van der Waals surface area contributed by atoms with E-state index in [9.17, 15) is 9.18 Å². The molecule has 1 aromatic carbocycles. The first-order valence-corrected chi connectivity index (χ1v) is 12.5. The maximum atomic E-state index is 14.9. The van der Waals surface area contributed by atoms with Gasteiger partial charge in [-0.1, -0.05) is 5.16 Å². The molecule has 2 amide bonds. The first-order valence-electron chi connectivity index (χ1n) is 11.6. The van der Waals surface area contributed by atoms with Crippen LogP contribution in [0.2, 0.25) is 0 Å². The number of hydrogen-bond acceptors (Lipinski definition) is 9. The zero-order valence-electron chi connectivity index (χ0n) is 20.5. The van der Waals surface area contributed by atoms with E-state index in [0.717, 1.165) is 21.9 Å². The Bertz CT molecular complexity index is 1560. The quantitative estimate of drug-likeness (QED) is 0.181. The van der Waals surface area contributed by atoms with E-state index in [1.807, 2.05) is 18.2 Å². The summed E-state index contributed by atoms with van der Waals surface area (Å²) in [5.74, 6) is 2.14. The second kappa shape index (κ2) is 11.4. The van der Waals surface area contributed by atoms with Crippen LogP contribution in [0.1, 0.15) is 11.5 Å². The molecule has 0 radical (unpaired) electrons. The number of halogens is 1. The van der Waals surface area contributed by atoms with E-state index in [0.29, 0.717) is 35.9 Å². The average molecular weight is 538 g/mol. The van der Waals surface area contributed by atoms with Crippen LogP contribution >= 0.6 is 11.3 Å². The smallest absolute Gasteiger partial charge is 0.324 e. The number of aromatic nitrogens is 2. The number of ether oxygens (including phenoxy) is 2. The number of anilines is 2. The Balaban J connectivity index is 1.28.